The number of aliphatic hydroxyl groups is 1. The first-order chi connectivity index (χ1) is 8.99. The second-order valence-electron chi connectivity index (χ2n) is 6.12. The molecule has 1 aliphatic rings. The first kappa shape index (κ1) is 14.5. The second kappa shape index (κ2) is 6.02. The van der Waals surface area contributed by atoms with E-state index in [1.807, 2.05) is 20.2 Å². The van der Waals surface area contributed by atoms with Gasteiger partial charge in [0.05, 0.1) is 5.60 Å². The lowest BCUT2D eigenvalue weighted by Crippen LogP contribution is -2.46. The maximum Gasteiger partial charge on any atom is 0.123 e. The number of benzene rings is 1. The van der Waals surface area contributed by atoms with Crippen LogP contribution in [-0.4, -0.2) is 36.2 Å². The Hall–Kier alpha value is -0.930. The fraction of sp³-hybridized carbons (Fsp3) is 0.625. The average Bonchev–Trinajstić information content (AvgIpc) is 2.31. The number of nitrogens with zero attached hydrogens (tertiary/aromatic N) is 1. The molecule has 0 heterocycles. The number of halogens is 1. The van der Waals surface area contributed by atoms with Crippen molar-refractivity contribution in [3.8, 4) is 0 Å². The summed E-state index contributed by atoms with van der Waals surface area (Å²) in [4.78, 5) is 2.13. The van der Waals surface area contributed by atoms with Crippen LogP contribution >= 0.6 is 0 Å². The van der Waals surface area contributed by atoms with E-state index in [4.69, 9.17) is 0 Å². The molecule has 1 fully saturated rings. The SMILES string of the molecule is CN(C)CC1CCCCC1(O)Cc1cccc(F)c1. The van der Waals surface area contributed by atoms with Gasteiger partial charge >= 0.3 is 0 Å². The van der Waals surface area contributed by atoms with Gasteiger partial charge in [0.25, 0.3) is 0 Å². The van der Waals surface area contributed by atoms with Crippen molar-refractivity contribution in [2.24, 2.45) is 5.92 Å². The van der Waals surface area contributed by atoms with Crippen molar-refractivity contribution in [2.75, 3.05) is 20.6 Å². The fourth-order valence-electron chi connectivity index (χ4n) is 3.23. The predicted octanol–water partition coefficient (Wildman–Crippen LogP) is 2.85. The van der Waals surface area contributed by atoms with Gasteiger partial charge < -0.3 is 10.0 Å². The van der Waals surface area contributed by atoms with Crippen LogP contribution in [0.5, 0.6) is 0 Å². The molecule has 1 aliphatic carbocycles. The van der Waals surface area contributed by atoms with E-state index in [-0.39, 0.29) is 11.7 Å². The summed E-state index contributed by atoms with van der Waals surface area (Å²) < 4.78 is 13.3. The van der Waals surface area contributed by atoms with Crippen LogP contribution in [0.15, 0.2) is 24.3 Å². The van der Waals surface area contributed by atoms with Crippen LogP contribution in [-0.2, 0) is 6.42 Å². The minimum atomic E-state index is -0.684. The summed E-state index contributed by atoms with van der Waals surface area (Å²) in [5, 5.41) is 11.0. The molecule has 3 heteroatoms. The van der Waals surface area contributed by atoms with E-state index in [1.165, 1.54) is 12.5 Å². The molecule has 0 bridgehead atoms. The van der Waals surface area contributed by atoms with Crippen molar-refractivity contribution in [3.05, 3.63) is 35.6 Å². The van der Waals surface area contributed by atoms with Gasteiger partial charge in [-0.3, -0.25) is 0 Å². The average molecular weight is 265 g/mol. The van der Waals surface area contributed by atoms with Crippen LogP contribution in [0.25, 0.3) is 0 Å². The molecule has 2 rings (SSSR count). The van der Waals surface area contributed by atoms with Crippen molar-refractivity contribution in [2.45, 2.75) is 37.7 Å². The number of hydrogen-bond donors (Lipinski definition) is 1. The predicted molar refractivity (Wildman–Crippen MR) is 75.6 cm³/mol. The van der Waals surface area contributed by atoms with E-state index in [0.29, 0.717) is 6.42 Å². The van der Waals surface area contributed by atoms with Gasteiger partial charge in [-0.15, -0.1) is 0 Å². The summed E-state index contributed by atoms with van der Waals surface area (Å²) in [5.74, 6) is 0.0561. The lowest BCUT2D eigenvalue weighted by molar-refractivity contribution is -0.0553. The third-order valence-electron chi connectivity index (χ3n) is 4.16. The molecule has 2 atom stereocenters. The first-order valence-corrected chi connectivity index (χ1v) is 7.11. The van der Waals surface area contributed by atoms with Gasteiger partial charge in [0.2, 0.25) is 0 Å². The highest BCUT2D eigenvalue weighted by Gasteiger charge is 2.38. The van der Waals surface area contributed by atoms with Gasteiger partial charge in [0.1, 0.15) is 5.82 Å². The van der Waals surface area contributed by atoms with Crippen molar-refractivity contribution < 1.29 is 9.50 Å². The van der Waals surface area contributed by atoms with Gasteiger partial charge in [-0.25, -0.2) is 4.39 Å². The normalized spacial score (nSPS) is 27.7. The Morgan fingerprint density at radius 3 is 2.84 bits per heavy atom. The Balaban J connectivity index is 2.13. The highest BCUT2D eigenvalue weighted by molar-refractivity contribution is 5.19. The molecule has 0 saturated heterocycles. The summed E-state index contributed by atoms with van der Waals surface area (Å²) in [6.45, 7) is 0.895. The van der Waals surface area contributed by atoms with Crippen molar-refractivity contribution in [1.29, 1.82) is 0 Å². The smallest absolute Gasteiger partial charge is 0.123 e. The molecule has 1 N–H and O–H groups in total. The first-order valence-electron chi connectivity index (χ1n) is 7.11. The zero-order valence-electron chi connectivity index (χ0n) is 11.9. The second-order valence-corrected chi connectivity index (χ2v) is 6.12. The van der Waals surface area contributed by atoms with Gasteiger partial charge in [0.15, 0.2) is 0 Å². The molecular weight excluding hydrogens is 241 g/mol. The van der Waals surface area contributed by atoms with Crippen LogP contribution in [0, 0.1) is 11.7 Å². The van der Waals surface area contributed by atoms with E-state index in [9.17, 15) is 9.50 Å². The molecule has 1 aromatic rings. The highest BCUT2D eigenvalue weighted by Crippen LogP contribution is 2.36. The monoisotopic (exact) mass is 265 g/mol. The van der Waals surface area contributed by atoms with E-state index >= 15 is 0 Å². The molecule has 0 aliphatic heterocycles. The third-order valence-corrected chi connectivity index (χ3v) is 4.16. The summed E-state index contributed by atoms with van der Waals surface area (Å²) in [6.07, 6.45) is 4.69. The van der Waals surface area contributed by atoms with Crippen LogP contribution in [0.2, 0.25) is 0 Å². The minimum absolute atomic E-state index is 0.221. The zero-order valence-corrected chi connectivity index (χ0v) is 11.9. The highest BCUT2D eigenvalue weighted by atomic mass is 19.1. The lowest BCUT2D eigenvalue weighted by atomic mass is 9.72. The molecule has 1 aromatic carbocycles. The molecule has 0 radical (unpaired) electrons. The lowest BCUT2D eigenvalue weighted by Gasteiger charge is -2.41. The minimum Gasteiger partial charge on any atom is -0.389 e. The molecule has 19 heavy (non-hydrogen) atoms. The molecule has 2 nitrogen and oxygen atoms in total. The van der Waals surface area contributed by atoms with E-state index < -0.39 is 5.60 Å². The maximum atomic E-state index is 13.3. The van der Waals surface area contributed by atoms with Crippen LogP contribution in [0.4, 0.5) is 4.39 Å². The summed E-state index contributed by atoms with van der Waals surface area (Å²) >= 11 is 0. The van der Waals surface area contributed by atoms with Gasteiger partial charge in [-0.2, -0.15) is 0 Å². The van der Waals surface area contributed by atoms with E-state index in [0.717, 1.165) is 31.4 Å². The molecular formula is C16H24FNO. The number of rotatable bonds is 4. The Labute approximate surface area is 115 Å². The van der Waals surface area contributed by atoms with Gasteiger partial charge in [-0.1, -0.05) is 25.0 Å². The molecule has 1 saturated carbocycles. The van der Waals surface area contributed by atoms with E-state index in [1.54, 1.807) is 12.1 Å². The summed E-state index contributed by atoms with van der Waals surface area (Å²) in [5.41, 5.74) is 0.212. The molecule has 2 unspecified atom stereocenters. The quantitative estimate of drug-likeness (QED) is 0.905. The topological polar surface area (TPSA) is 23.5 Å². The van der Waals surface area contributed by atoms with Crippen LogP contribution < -0.4 is 0 Å². The molecule has 0 aromatic heterocycles. The van der Waals surface area contributed by atoms with Gasteiger partial charge in [-0.05, 0) is 44.6 Å². The third kappa shape index (κ3) is 3.77. The zero-order chi connectivity index (χ0) is 13.9. The molecule has 0 spiro atoms. The van der Waals surface area contributed by atoms with Crippen molar-refractivity contribution in [1.82, 2.24) is 4.90 Å². The van der Waals surface area contributed by atoms with Crippen molar-refractivity contribution >= 4 is 0 Å². The largest absolute Gasteiger partial charge is 0.389 e. The molecule has 0 amide bonds. The Morgan fingerprint density at radius 2 is 2.16 bits per heavy atom. The molecule has 106 valence electrons. The van der Waals surface area contributed by atoms with Gasteiger partial charge in [0, 0.05) is 18.9 Å². The maximum absolute atomic E-state index is 13.3. The number of hydrogen-bond acceptors (Lipinski definition) is 2. The van der Waals surface area contributed by atoms with Crippen LogP contribution in [0.3, 0.4) is 0 Å². The van der Waals surface area contributed by atoms with Crippen LogP contribution in [0.1, 0.15) is 31.2 Å². The standard InChI is InChI=1S/C16H24FNO/c1-18(2)12-14-7-3-4-9-16(14,19)11-13-6-5-8-15(17)10-13/h5-6,8,10,14,19H,3-4,7,9,11-12H2,1-2H3. The Bertz CT molecular complexity index is 421. The Morgan fingerprint density at radius 1 is 1.37 bits per heavy atom. The Kier molecular flexibility index (Phi) is 4.58. The van der Waals surface area contributed by atoms with Crippen molar-refractivity contribution in [3.63, 3.8) is 0 Å². The summed E-state index contributed by atoms with van der Waals surface area (Å²) in [6, 6.07) is 6.62. The fourth-order valence-corrected chi connectivity index (χ4v) is 3.23. The van der Waals surface area contributed by atoms with E-state index in [2.05, 4.69) is 4.90 Å². The summed E-state index contributed by atoms with van der Waals surface area (Å²) in [7, 11) is 4.08.